The Kier molecular flexibility index (Phi) is 5.63. The molecule has 1 atom stereocenters. The molecular formula is C15H26N2O. The number of nitrogens with one attached hydrogen (secondary N) is 1. The lowest BCUT2D eigenvalue weighted by Crippen LogP contribution is -2.30. The Bertz CT molecular complexity index is 346. The third kappa shape index (κ3) is 4.31. The summed E-state index contributed by atoms with van der Waals surface area (Å²) >= 11 is 0. The van der Waals surface area contributed by atoms with Gasteiger partial charge >= 0.3 is 0 Å². The summed E-state index contributed by atoms with van der Waals surface area (Å²) in [7, 11) is 1.99. The molecule has 0 fully saturated rings. The van der Waals surface area contributed by atoms with Crippen molar-refractivity contribution >= 4 is 0 Å². The second kappa shape index (κ2) is 6.76. The standard InChI is InChI=1S/C15H26N2O/c1-5-18-13-8-6-12(7-9-13)14(17-4)10-15(2,3)11-16/h6-9,14,17H,5,10-11,16H2,1-4H3. The smallest absolute Gasteiger partial charge is 0.119 e. The summed E-state index contributed by atoms with van der Waals surface area (Å²) in [5, 5.41) is 3.36. The molecule has 0 bridgehead atoms. The third-order valence-electron chi connectivity index (χ3n) is 3.25. The second-order valence-corrected chi connectivity index (χ2v) is 5.42. The van der Waals surface area contributed by atoms with E-state index in [1.165, 1.54) is 5.56 Å². The minimum absolute atomic E-state index is 0.145. The van der Waals surface area contributed by atoms with Crippen molar-refractivity contribution in [2.45, 2.75) is 33.2 Å². The zero-order valence-corrected chi connectivity index (χ0v) is 12.0. The molecule has 0 aliphatic rings. The molecule has 0 aromatic heterocycles. The molecule has 0 saturated carbocycles. The molecule has 0 radical (unpaired) electrons. The van der Waals surface area contributed by atoms with E-state index in [4.69, 9.17) is 10.5 Å². The molecule has 0 aliphatic carbocycles. The maximum atomic E-state index is 5.80. The molecule has 3 N–H and O–H groups in total. The molecule has 3 nitrogen and oxygen atoms in total. The van der Waals surface area contributed by atoms with Gasteiger partial charge in [-0.25, -0.2) is 0 Å². The van der Waals surface area contributed by atoms with E-state index in [0.717, 1.165) is 12.2 Å². The van der Waals surface area contributed by atoms with Crippen molar-refractivity contribution < 1.29 is 4.74 Å². The average molecular weight is 250 g/mol. The number of rotatable bonds is 7. The van der Waals surface area contributed by atoms with E-state index in [1.807, 2.05) is 26.1 Å². The van der Waals surface area contributed by atoms with Crippen LogP contribution in [0.5, 0.6) is 5.75 Å². The summed E-state index contributed by atoms with van der Waals surface area (Å²) in [5.74, 6) is 0.925. The van der Waals surface area contributed by atoms with E-state index in [1.54, 1.807) is 0 Å². The Morgan fingerprint density at radius 3 is 2.33 bits per heavy atom. The minimum atomic E-state index is 0.145. The maximum absolute atomic E-state index is 5.80. The van der Waals surface area contributed by atoms with Crippen molar-refractivity contribution in [3.05, 3.63) is 29.8 Å². The first kappa shape index (κ1) is 15.0. The first-order chi connectivity index (χ1) is 8.52. The number of hydrogen-bond acceptors (Lipinski definition) is 3. The van der Waals surface area contributed by atoms with Crippen LogP contribution in [0, 0.1) is 5.41 Å². The van der Waals surface area contributed by atoms with Crippen LogP contribution in [0.1, 0.15) is 38.8 Å². The van der Waals surface area contributed by atoms with Gasteiger partial charge in [0.2, 0.25) is 0 Å². The summed E-state index contributed by atoms with van der Waals surface area (Å²) in [6.45, 7) is 7.79. The Labute approximate surface area is 111 Å². The lowest BCUT2D eigenvalue weighted by molar-refractivity contribution is 0.298. The van der Waals surface area contributed by atoms with Crippen LogP contribution in [0.4, 0.5) is 0 Å². The van der Waals surface area contributed by atoms with Crippen molar-refractivity contribution in [2.24, 2.45) is 11.1 Å². The lowest BCUT2D eigenvalue weighted by atomic mass is 9.83. The van der Waals surface area contributed by atoms with E-state index in [-0.39, 0.29) is 5.41 Å². The van der Waals surface area contributed by atoms with Crippen LogP contribution >= 0.6 is 0 Å². The van der Waals surface area contributed by atoms with E-state index in [2.05, 4.69) is 31.3 Å². The normalized spacial score (nSPS) is 13.4. The van der Waals surface area contributed by atoms with Crippen LogP contribution in [0.2, 0.25) is 0 Å². The number of nitrogens with two attached hydrogens (primary N) is 1. The predicted octanol–water partition coefficient (Wildman–Crippen LogP) is 2.72. The molecule has 0 spiro atoms. The van der Waals surface area contributed by atoms with E-state index in [0.29, 0.717) is 19.2 Å². The average Bonchev–Trinajstić information content (AvgIpc) is 2.37. The van der Waals surface area contributed by atoms with Crippen LogP contribution in [0.25, 0.3) is 0 Å². The molecule has 1 aromatic carbocycles. The van der Waals surface area contributed by atoms with Crippen LogP contribution in [-0.4, -0.2) is 20.2 Å². The summed E-state index contributed by atoms with van der Waals surface area (Å²) in [4.78, 5) is 0. The summed E-state index contributed by atoms with van der Waals surface area (Å²) in [5.41, 5.74) is 7.23. The molecule has 0 amide bonds. The largest absolute Gasteiger partial charge is 0.494 e. The van der Waals surface area contributed by atoms with Gasteiger partial charge in [0.1, 0.15) is 5.75 Å². The molecule has 0 saturated heterocycles. The van der Waals surface area contributed by atoms with Crippen LogP contribution in [0.3, 0.4) is 0 Å². The van der Waals surface area contributed by atoms with Crippen LogP contribution in [0.15, 0.2) is 24.3 Å². The molecule has 102 valence electrons. The van der Waals surface area contributed by atoms with Crippen molar-refractivity contribution in [1.29, 1.82) is 0 Å². The zero-order valence-electron chi connectivity index (χ0n) is 12.0. The topological polar surface area (TPSA) is 47.3 Å². The predicted molar refractivity (Wildman–Crippen MR) is 76.9 cm³/mol. The van der Waals surface area contributed by atoms with Gasteiger partial charge in [0.05, 0.1) is 6.61 Å². The summed E-state index contributed by atoms with van der Waals surface area (Å²) in [6.07, 6.45) is 1.02. The van der Waals surface area contributed by atoms with Crippen molar-refractivity contribution in [2.75, 3.05) is 20.2 Å². The first-order valence-electron chi connectivity index (χ1n) is 6.62. The van der Waals surface area contributed by atoms with Crippen molar-refractivity contribution in [3.63, 3.8) is 0 Å². The Balaban J connectivity index is 2.76. The van der Waals surface area contributed by atoms with E-state index >= 15 is 0 Å². The Morgan fingerprint density at radius 1 is 1.28 bits per heavy atom. The quantitative estimate of drug-likeness (QED) is 0.782. The van der Waals surface area contributed by atoms with Crippen molar-refractivity contribution in [3.8, 4) is 5.75 Å². The highest BCUT2D eigenvalue weighted by Gasteiger charge is 2.22. The number of hydrogen-bond donors (Lipinski definition) is 2. The van der Waals surface area contributed by atoms with E-state index < -0.39 is 0 Å². The first-order valence-corrected chi connectivity index (χ1v) is 6.62. The maximum Gasteiger partial charge on any atom is 0.119 e. The fourth-order valence-corrected chi connectivity index (χ4v) is 1.99. The van der Waals surface area contributed by atoms with Gasteiger partial charge in [0.15, 0.2) is 0 Å². The van der Waals surface area contributed by atoms with Crippen molar-refractivity contribution in [1.82, 2.24) is 5.32 Å². The highest BCUT2D eigenvalue weighted by molar-refractivity contribution is 5.29. The SMILES string of the molecule is CCOc1ccc(C(CC(C)(C)CN)NC)cc1. The van der Waals surface area contributed by atoms with Gasteiger partial charge in [-0.2, -0.15) is 0 Å². The molecule has 18 heavy (non-hydrogen) atoms. The minimum Gasteiger partial charge on any atom is -0.494 e. The van der Waals surface area contributed by atoms with Gasteiger partial charge in [0, 0.05) is 6.04 Å². The summed E-state index contributed by atoms with van der Waals surface area (Å²) in [6, 6.07) is 8.63. The summed E-state index contributed by atoms with van der Waals surface area (Å²) < 4.78 is 5.46. The lowest BCUT2D eigenvalue weighted by Gasteiger charge is -2.28. The second-order valence-electron chi connectivity index (χ2n) is 5.42. The fourth-order valence-electron chi connectivity index (χ4n) is 1.99. The van der Waals surface area contributed by atoms with Gasteiger partial charge in [-0.3, -0.25) is 0 Å². The number of benzene rings is 1. The van der Waals surface area contributed by atoms with Gasteiger partial charge in [-0.15, -0.1) is 0 Å². The van der Waals surface area contributed by atoms with Crippen LogP contribution < -0.4 is 15.8 Å². The molecule has 3 heteroatoms. The molecular weight excluding hydrogens is 224 g/mol. The zero-order chi connectivity index (χ0) is 13.6. The van der Waals surface area contributed by atoms with Gasteiger partial charge < -0.3 is 15.8 Å². The Morgan fingerprint density at radius 2 is 1.89 bits per heavy atom. The Hall–Kier alpha value is -1.06. The highest BCUT2D eigenvalue weighted by atomic mass is 16.5. The van der Waals surface area contributed by atoms with Crippen LogP contribution in [-0.2, 0) is 0 Å². The molecule has 1 aromatic rings. The van der Waals surface area contributed by atoms with Gasteiger partial charge in [-0.05, 0) is 50.0 Å². The monoisotopic (exact) mass is 250 g/mol. The van der Waals surface area contributed by atoms with Gasteiger partial charge in [0.25, 0.3) is 0 Å². The third-order valence-corrected chi connectivity index (χ3v) is 3.25. The molecule has 1 unspecified atom stereocenters. The molecule has 1 rings (SSSR count). The fraction of sp³-hybridized carbons (Fsp3) is 0.600. The molecule has 0 heterocycles. The number of ether oxygens (including phenoxy) is 1. The van der Waals surface area contributed by atoms with Gasteiger partial charge in [-0.1, -0.05) is 26.0 Å². The molecule has 0 aliphatic heterocycles. The highest BCUT2D eigenvalue weighted by Crippen LogP contribution is 2.29. The van der Waals surface area contributed by atoms with E-state index in [9.17, 15) is 0 Å².